The van der Waals surface area contributed by atoms with Crippen LogP contribution in [0.15, 0.2) is 4.40 Å². The van der Waals surface area contributed by atoms with Crippen molar-refractivity contribution in [2.45, 2.75) is 45.2 Å². The summed E-state index contributed by atoms with van der Waals surface area (Å²) in [4.78, 5) is 0. The van der Waals surface area contributed by atoms with Gasteiger partial charge in [-0.15, -0.1) is 5.54 Å². The lowest BCUT2D eigenvalue weighted by Crippen LogP contribution is -2.25. The van der Waals surface area contributed by atoms with Gasteiger partial charge in [-0.3, -0.25) is 0 Å². The van der Waals surface area contributed by atoms with Crippen molar-refractivity contribution in [2.75, 3.05) is 0 Å². The van der Waals surface area contributed by atoms with E-state index in [-0.39, 0.29) is 4.75 Å². The zero-order chi connectivity index (χ0) is 11.4. The Kier molecular flexibility index (Phi) is 4.92. The Balaban J connectivity index is 4.26. The van der Waals surface area contributed by atoms with E-state index < -0.39 is 19.4 Å². The van der Waals surface area contributed by atoms with E-state index >= 15 is 0 Å². The van der Waals surface area contributed by atoms with Gasteiger partial charge in [0, 0.05) is 0 Å². The highest BCUT2D eigenvalue weighted by Crippen LogP contribution is 2.15. The van der Waals surface area contributed by atoms with Gasteiger partial charge in [-0.25, -0.2) is 0 Å². The van der Waals surface area contributed by atoms with Crippen LogP contribution in [-0.4, -0.2) is 23.6 Å². The highest BCUT2D eigenvalue weighted by atomic mass is 32.2. The van der Waals surface area contributed by atoms with Crippen molar-refractivity contribution in [1.82, 2.24) is 0 Å². The normalized spacial score (nSPS) is 15.1. The standard InChI is InChI=1S/C10H19NOSSi/c1-10(2,3)13(12)11-8-7-9-14(4,5)6/h8H,1-6H3/b11-8+. The first-order valence-electron chi connectivity index (χ1n) is 4.60. The molecule has 0 aromatic heterocycles. The molecule has 2 nitrogen and oxygen atoms in total. The first-order valence-corrected chi connectivity index (χ1v) is 9.21. The summed E-state index contributed by atoms with van der Waals surface area (Å²) in [7, 11) is -1.33. The van der Waals surface area contributed by atoms with Crippen molar-refractivity contribution in [3.8, 4) is 11.5 Å². The predicted octanol–water partition coefficient (Wildman–Crippen LogP) is 2.40. The van der Waals surface area contributed by atoms with Gasteiger partial charge in [0.25, 0.3) is 0 Å². The van der Waals surface area contributed by atoms with Crippen molar-refractivity contribution >= 4 is 25.7 Å². The second-order valence-corrected chi connectivity index (χ2v) is 11.8. The largest absolute Gasteiger partial charge is 0.591 e. The molecule has 80 valence electrons. The van der Waals surface area contributed by atoms with E-state index in [9.17, 15) is 4.55 Å². The number of hydrogen-bond donors (Lipinski definition) is 0. The van der Waals surface area contributed by atoms with Gasteiger partial charge in [0.15, 0.2) is 0 Å². The molecule has 0 aliphatic carbocycles. The van der Waals surface area contributed by atoms with Gasteiger partial charge in [-0.1, -0.05) is 30.0 Å². The summed E-state index contributed by atoms with van der Waals surface area (Å²) in [5.74, 6) is 2.86. The summed E-state index contributed by atoms with van der Waals surface area (Å²) < 4.78 is 15.0. The van der Waals surface area contributed by atoms with Crippen LogP contribution in [0, 0.1) is 11.5 Å². The maximum atomic E-state index is 11.4. The summed E-state index contributed by atoms with van der Waals surface area (Å²) in [5.41, 5.74) is 3.13. The van der Waals surface area contributed by atoms with Gasteiger partial charge in [0.1, 0.15) is 30.4 Å². The molecule has 0 spiro atoms. The maximum Gasteiger partial charge on any atom is 0.144 e. The Morgan fingerprint density at radius 2 is 1.79 bits per heavy atom. The van der Waals surface area contributed by atoms with Crippen molar-refractivity contribution in [3.05, 3.63) is 0 Å². The minimum Gasteiger partial charge on any atom is -0.591 e. The minimum atomic E-state index is -1.33. The van der Waals surface area contributed by atoms with E-state index in [4.69, 9.17) is 0 Å². The van der Waals surface area contributed by atoms with Crippen LogP contribution < -0.4 is 0 Å². The maximum absolute atomic E-state index is 11.4. The predicted molar refractivity (Wildman–Crippen MR) is 67.5 cm³/mol. The Morgan fingerprint density at radius 3 is 2.14 bits per heavy atom. The molecule has 0 saturated heterocycles. The van der Waals surface area contributed by atoms with Gasteiger partial charge in [0.2, 0.25) is 0 Å². The molecular formula is C10H19NOSSi. The van der Waals surface area contributed by atoms with E-state index in [2.05, 4.69) is 35.5 Å². The average Bonchev–Trinajstić information content (AvgIpc) is 1.93. The van der Waals surface area contributed by atoms with Crippen LogP contribution in [0.3, 0.4) is 0 Å². The second-order valence-electron chi connectivity index (χ2n) is 5.12. The Hall–Kier alpha value is -0.243. The smallest absolute Gasteiger partial charge is 0.144 e. The van der Waals surface area contributed by atoms with Crippen LogP contribution in [0.2, 0.25) is 19.6 Å². The van der Waals surface area contributed by atoms with Gasteiger partial charge >= 0.3 is 0 Å². The van der Waals surface area contributed by atoms with Gasteiger partial charge < -0.3 is 4.55 Å². The molecule has 0 rings (SSSR count). The van der Waals surface area contributed by atoms with Gasteiger partial charge in [-0.2, -0.15) is 0 Å². The van der Waals surface area contributed by atoms with E-state index in [0.29, 0.717) is 0 Å². The second kappa shape index (κ2) is 5.01. The lowest BCUT2D eigenvalue weighted by atomic mass is 10.3. The summed E-state index contributed by atoms with van der Waals surface area (Å²) in [6.07, 6.45) is 1.47. The number of nitrogens with zero attached hydrogens (tertiary/aromatic N) is 1. The van der Waals surface area contributed by atoms with Gasteiger partial charge in [0.05, 0.1) is 0 Å². The molecular weight excluding hydrogens is 210 g/mol. The lowest BCUT2D eigenvalue weighted by molar-refractivity contribution is 0.562. The third-order valence-electron chi connectivity index (χ3n) is 1.18. The van der Waals surface area contributed by atoms with E-state index in [0.717, 1.165) is 0 Å². The Morgan fingerprint density at radius 1 is 1.29 bits per heavy atom. The summed E-state index contributed by atoms with van der Waals surface area (Å²) >= 11 is -1.18. The van der Waals surface area contributed by atoms with Gasteiger partial charge in [-0.05, 0) is 20.8 Å². The third kappa shape index (κ3) is 7.19. The molecule has 4 heteroatoms. The van der Waals surface area contributed by atoms with E-state index in [1.165, 1.54) is 6.21 Å². The molecule has 0 fully saturated rings. The molecule has 0 bridgehead atoms. The van der Waals surface area contributed by atoms with Crippen LogP contribution >= 0.6 is 0 Å². The molecule has 1 unspecified atom stereocenters. The van der Waals surface area contributed by atoms with Crippen LogP contribution in [0.4, 0.5) is 0 Å². The Labute approximate surface area is 91.5 Å². The van der Waals surface area contributed by atoms with E-state index in [1.54, 1.807) is 0 Å². The first-order chi connectivity index (χ1) is 6.13. The summed E-state index contributed by atoms with van der Waals surface area (Å²) in [6.45, 7) is 12.2. The first kappa shape index (κ1) is 13.8. The fourth-order valence-electron chi connectivity index (χ4n) is 0.481. The molecule has 1 atom stereocenters. The quantitative estimate of drug-likeness (QED) is 0.294. The molecule has 0 amide bonds. The molecule has 0 aliphatic heterocycles. The molecule has 0 N–H and O–H groups in total. The molecule has 0 aliphatic rings. The SMILES string of the molecule is CC(C)(C)[S+]([O-])/N=C/C#C[Si](C)(C)C. The zero-order valence-corrected chi connectivity index (χ0v) is 11.7. The topological polar surface area (TPSA) is 35.4 Å². The van der Waals surface area contributed by atoms with Crippen LogP contribution in [0.1, 0.15) is 20.8 Å². The van der Waals surface area contributed by atoms with E-state index in [1.807, 2.05) is 20.8 Å². The zero-order valence-electron chi connectivity index (χ0n) is 9.84. The van der Waals surface area contributed by atoms with Crippen LogP contribution in [-0.2, 0) is 11.4 Å². The fraction of sp³-hybridized carbons (Fsp3) is 0.700. The highest BCUT2D eigenvalue weighted by Gasteiger charge is 2.25. The van der Waals surface area contributed by atoms with Crippen molar-refractivity contribution < 1.29 is 4.55 Å². The number of hydrogen-bond acceptors (Lipinski definition) is 2. The minimum absolute atomic E-state index is 0.294. The molecule has 0 saturated carbocycles. The molecule has 0 heterocycles. The van der Waals surface area contributed by atoms with Crippen LogP contribution in [0.25, 0.3) is 0 Å². The number of rotatable bonds is 1. The monoisotopic (exact) mass is 229 g/mol. The highest BCUT2D eigenvalue weighted by molar-refractivity contribution is 7.91. The summed E-state index contributed by atoms with van der Waals surface area (Å²) in [6, 6.07) is 0. The average molecular weight is 229 g/mol. The third-order valence-corrected chi connectivity index (χ3v) is 3.42. The van der Waals surface area contributed by atoms with Crippen molar-refractivity contribution in [1.29, 1.82) is 0 Å². The van der Waals surface area contributed by atoms with Crippen molar-refractivity contribution in [3.63, 3.8) is 0 Å². The molecule has 0 aromatic carbocycles. The summed E-state index contributed by atoms with van der Waals surface area (Å²) in [5, 5.41) is 0. The Bertz CT molecular complexity index is 265. The molecule has 14 heavy (non-hydrogen) atoms. The molecule has 0 radical (unpaired) electrons. The molecule has 0 aromatic rings. The lowest BCUT2D eigenvalue weighted by Gasteiger charge is -2.17. The van der Waals surface area contributed by atoms with Crippen LogP contribution in [0.5, 0.6) is 0 Å². The fourth-order valence-corrected chi connectivity index (χ4v) is 1.44. The van der Waals surface area contributed by atoms with Crippen molar-refractivity contribution in [2.24, 2.45) is 4.40 Å².